The maximum atomic E-state index is 11.2. The summed E-state index contributed by atoms with van der Waals surface area (Å²) in [5.74, 6) is 0.928. The number of amides is 1. The molecule has 1 N–H and O–H groups in total. The Kier molecular flexibility index (Phi) is 4.08. The van der Waals surface area contributed by atoms with Gasteiger partial charge < -0.3 is 10.1 Å². The van der Waals surface area contributed by atoms with Gasteiger partial charge in [-0.05, 0) is 61.1 Å². The van der Waals surface area contributed by atoms with E-state index in [0.717, 1.165) is 35.4 Å². The molecule has 1 amide bonds. The Morgan fingerprint density at radius 3 is 2.44 bits per heavy atom. The summed E-state index contributed by atoms with van der Waals surface area (Å²) in [5, 5.41) is 2.83. The van der Waals surface area contributed by atoms with Crippen LogP contribution in [0.1, 0.15) is 50.2 Å². The monoisotopic (exact) mass is 333 g/mol. The van der Waals surface area contributed by atoms with Gasteiger partial charge in [-0.3, -0.25) is 4.79 Å². The molecule has 0 aromatic heterocycles. The molecule has 128 valence electrons. The molecule has 1 aliphatic heterocycles. The van der Waals surface area contributed by atoms with Crippen LogP contribution < -0.4 is 10.1 Å². The third kappa shape index (κ3) is 3.19. The van der Waals surface area contributed by atoms with Crippen molar-refractivity contribution in [1.82, 2.24) is 0 Å². The van der Waals surface area contributed by atoms with Crippen molar-refractivity contribution in [3.63, 3.8) is 0 Å². The largest absolute Gasteiger partial charge is 0.483 e. The molecule has 1 saturated carbocycles. The van der Waals surface area contributed by atoms with E-state index in [0.29, 0.717) is 0 Å². The number of rotatable bonds is 2. The number of hydrogen-bond donors (Lipinski definition) is 1. The summed E-state index contributed by atoms with van der Waals surface area (Å²) in [7, 11) is 0. The molecule has 0 unspecified atom stereocenters. The SMILES string of the molecule is CC(=O)Nc1ccc(C2=CC3(CCCCC3)Oc3ccccc32)cc1. The third-order valence-corrected chi connectivity index (χ3v) is 5.11. The first-order valence-electron chi connectivity index (χ1n) is 9.05. The molecule has 1 aliphatic carbocycles. The van der Waals surface area contributed by atoms with Crippen LogP contribution in [0, 0.1) is 0 Å². The van der Waals surface area contributed by atoms with Crippen LogP contribution in [0.4, 0.5) is 5.69 Å². The highest BCUT2D eigenvalue weighted by Crippen LogP contribution is 2.44. The Hall–Kier alpha value is -2.55. The second-order valence-electron chi connectivity index (χ2n) is 7.04. The van der Waals surface area contributed by atoms with Crippen molar-refractivity contribution in [3.05, 3.63) is 65.7 Å². The minimum absolute atomic E-state index is 0.0514. The highest BCUT2D eigenvalue weighted by Gasteiger charge is 2.36. The van der Waals surface area contributed by atoms with E-state index in [1.54, 1.807) is 0 Å². The van der Waals surface area contributed by atoms with Crippen LogP contribution in [0.2, 0.25) is 0 Å². The fraction of sp³-hybridized carbons (Fsp3) is 0.318. The Morgan fingerprint density at radius 2 is 1.72 bits per heavy atom. The lowest BCUT2D eigenvalue weighted by atomic mass is 9.79. The van der Waals surface area contributed by atoms with E-state index in [-0.39, 0.29) is 11.5 Å². The zero-order valence-electron chi connectivity index (χ0n) is 14.5. The minimum Gasteiger partial charge on any atom is -0.483 e. The van der Waals surface area contributed by atoms with Crippen molar-refractivity contribution in [3.8, 4) is 5.75 Å². The summed E-state index contributed by atoms with van der Waals surface area (Å²) < 4.78 is 6.46. The van der Waals surface area contributed by atoms with E-state index in [2.05, 4.69) is 41.7 Å². The maximum Gasteiger partial charge on any atom is 0.221 e. The highest BCUT2D eigenvalue weighted by molar-refractivity contribution is 5.90. The van der Waals surface area contributed by atoms with Gasteiger partial charge in [0.15, 0.2) is 0 Å². The summed E-state index contributed by atoms with van der Waals surface area (Å²) in [6.45, 7) is 1.53. The molecular weight excluding hydrogens is 310 g/mol. The summed E-state index contributed by atoms with van der Waals surface area (Å²) in [5.41, 5.74) is 4.20. The molecule has 2 aromatic rings. The van der Waals surface area contributed by atoms with Crippen LogP contribution in [0.15, 0.2) is 54.6 Å². The minimum atomic E-state index is -0.168. The molecule has 2 aromatic carbocycles. The van der Waals surface area contributed by atoms with Crippen molar-refractivity contribution in [2.75, 3.05) is 5.32 Å². The third-order valence-electron chi connectivity index (χ3n) is 5.11. The van der Waals surface area contributed by atoms with Gasteiger partial charge in [0.2, 0.25) is 5.91 Å². The molecule has 0 atom stereocenters. The first kappa shape index (κ1) is 15.9. The average molecular weight is 333 g/mol. The number of benzene rings is 2. The van der Waals surface area contributed by atoms with E-state index >= 15 is 0 Å². The van der Waals surface area contributed by atoms with Crippen LogP contribution in [0.25, 0.3) is 5.57 Å². The Balaban J connectivity index is 1.75. The first-order chi connectivity index (χ1) is 12.2. The average Bonchev–Trinajstić information content (AvgIpc) is 2.62. The molecular formula is C22H23NO2. The summed E-state index contributed by atoms with van der Waals surface area (Å²) in [4.78, 5) is 11.2. The molecule has 1 fully saturated rings. The summed E-state index contributed by atoms with van der Waals surface area (Å²) >= 11 is 0. The van der Waals surface area contributed by atoms with Gasteiger partial charge in [0.1, 0.15) is 11.4 Å². The van der Waals surface area contributed by atoms with Gasteiger partial charge in [-0.25, -0.2) is 0 Å². The standard InChI is InChI=1S/C22H23NO2/c1-16(24)23-18-11-9-17(10-12-18)20-15-22(13-5-2-6-14-22)25-21-8-4-3-7-19(20)21/h3-4,7-12,15H,2,5-6,13-14H2,1H3,(H,23,24). The molecule has 3 heteroatoms. The molecule has 1 spiro atoms. The zero-order valence-corrected chi connectivity index (χ0v) is 14.5. The van der Waals surface area contributed by atoms with Crippen LogP contribution in [-0.4, -0.2) is 11.5 Å². The van der Waals surface area contributed by atoms with E-state index in [9.17, 15) is 4.79 Å². The lowest BCUT2D eigenvalue weighted by Gasteiger charge is -2.39. The van der Waals surface area contributed by atoms with Crippen molar-refractivity contribution >= 4 is 17.2 Å². The maximum absolute atomic E-state index is 11.2. The van der Waals surface area contributed by atoms with Gasteiger partial charge in [0.05, 0.1) is 0 Å². The van der Waals surface area contributed by atoms with Crippen LogP contribution in [-0.2, 0) is 4.79 Å². The van der Waals surface area contributed by atoms with E-state index in [1.165, 1.54) is 31.8 Å². The quantitative estimate of drug-likeness (QED) is 0.823. The van der Waals surface area contributed by atoms with Gasteiger partial charge in [0, 0.05) is 18.2 Å². The number of nitrogens with one attached hydrogen (secondary N) is 1. The van der Waals surface area contributed by atoms with E-state index in [1.807, 2.05) is 18.2 Å². The lowest BCUT2D eigenvalue weighted by molar-refractivity contribution is -0.114. The molecule has 1 heterocycles. The van der Waals surface area contributed by atoms with Crippen molar-refractivity contribution in [1.29, 1.82) is 0 Å². The molecule has 0 saturated heterocycles. The number of fused-ring (bicyclic) bond motifs is 1. The molecule has 0 bridgehead atoms. The second-order valence-corrected chi connectivity index (χ2v) is 7.04. The van der Waals surface area contributed by atoms with Crippen molar-refractivity contribution in [2.45, 2.75) is 44.6 Å². The molecule has 4 rings (SSSR count). The van der Waals surface area contributed by atoms with Crippen LogP contribution >= 0.6 is 0 Å². The number of anilines is 1. The normalized spacial score (nSPS) is 18.0. The van der Waals surface area contributed by atoms with E-state index in [4.69, 9.17) is 4.74 Å². The predicted octanol–water partition coefficient (Wildman–Crippen LogP) is 5.17. The lowest BCUT2D eigenvalue weighted by Crippen LogP contribution is -2.38. The summed E-state index contributed by atoms with van der Waals surface area (Å²) in [6.07, 6.45) is 8.22. The Bertz CT molecular complexity index is 814. The zero-order chi connectivity index (χ0) is 17.3. The number of ether oxygens (including phenoxy) is 1. The van der Waals surface area contributed by atoms with Gasteiger partial charge in [0.25, 0.3) is 0 Å². The van der Waals surface area contributed by atoms with Gasteiger partial charge in [-0.1, -0.05) is 36.8 Å². The number of para-hydroxylation sites is 1. The highest BCUT2D eigenvalue weighted by atomic mass is 16.5. The first-order valence-corrected chi connectivity index (χ1v) is 9.05. The topological polar surface area (TPSA) is 38.3 Å². The van der Waals surface area contributed by atoms with Gasteiger partial charge in [-0.15, -0.1) is 0 Å². The Morgan fingerprint density at radius 1 is 1.00 bits per heavy atom. The van der Waals surface area contributed by atoms with Crippen molar-refractivity contribution in [2.24, 2.45) is 0 Å². The summed E-state index contributed by atoms with van der Waals surface area (Å²) in [6, 6.07) is 16.4. The predicted molar refractivity (Wildman–Crippen MR) is 101 cm³/mol. The van der Waals surface area contributed by atoms with Crippen LogP contribution in [0.5, 0.6) is 5.75 Å². The molecule has 25 heavy (non-hydrogen) atoms. The fourth-order valence-electron chi connectivity index (χ4n) is 3.94. The molecule has 3 nitrogen and oxygen atoms in total. The van der Waals surface area contributed by atoms with Gasteiger partial charge in [-0.2, -0.15) is 0 Å². The molecule has 0 radical (unpaired) electrons. The van der Waals surface area contributed by atoms with Gasteiger partial charge >= 0.3 is 0 Å². The van der Waals surface area contributed by atoms with Crippen LogP contribution in [0.3, 0.4) is 0 Å². The van der Waals surface area contributed by atoms with Crippen molar-refractivity contribution < 1.29 is 9.53 Å². The number of carbonyl (C=O) groups is 1. The number of carbonyl (C=O) groups excluding carboxylic acids is 1. The Labute approximate surface area is 148 Å². The van der Waals surface area contributed by atoms with E-state index < -0.39 is 0 Å². The smallest absolute Gasteiger partial charge is 0.221 e. The fourth-order valence-corrected chi connectivity index (χ4v) is 3.94. The molecule has 2 aliphatic rings. The number of hydrogen-bond acceptors (Lipinski definition) is 2. The second kappa shape index (κ2) is 6.40.